The van der Waals surface area contributed by atoms with Crippen molar-refractivity contribution in [2.75, 3.05) is 6.61 Å². The minimum Gasteiger partial charge on any atom is -0.394 e. The number of nitrogens with zero attached hydrogens (tertiary/aromatic N) is 1. The van der Waals surface area contributed by atoms with Gasteiger partial charge in [0, 0.05) is 6.42 Å². The average molecular weight is 375 g/mol. The van der Waals surface area contributed by atoms with Gasteiger partial charge in [-0.05, 0) is 5.92 Å². The molecule has 10 nitrogen and oxygen atoms in total. The van der Waals surface area contributed by atoms with Gasteiger partial charge in [0.05, 0.1) is 6.61 Å². The molecule has 1 saturated heterocycles. The van der Waals surface area contributed by atoms with Crippen LogP contribution in [0.15, 0.2) is 5.16 Å². The average Bonchev–Trinajstić information content (AvgIpc) is 2.44. The number of ether oxygens (including phenoxy) is 1. The highest BCUT2D eigenvalue weighted by molar-refractivity contribution is 8.14. The summed E-state index contributed by atoms with van der Waals surface area (Å²) in [7, 11) is -4.78. The van der Waals surface area contributed by atoms with Crippen molar-refractivity contribution in [3.8, 4) is 0 Å². The van der Waals surface area contributed by atoms with Gasteiger partial charge in [-0.3, -0.25) is 4.55 Å². The van der Waals surface area contributed by atoms with Crippen molar-refractivity contribution in [1.82, 2.24) is 0 Å². The Hall–Kier alpha value is -0.470. The van der Waals surface area contributed by atoms with Crippen molar-refractivity contribution in [2.45, 2.75) is 50.1 Å². The Balaban J connectivity index is 2.88. The van der Waals surface area contributed by atoms with Crippen LogP contribution in [0.5, 0.6) is 0 Å². The number of aliphatic hydroxyl groups is 4. The topological polar surface area (TPSA) is 166 Å². The van der Waals surface area contributed by atoms with Gasteiger partial charge in [0.1, 0.15) is 34.9 Å². The quantitative estimate of drug-likeness (QED) is 0.163. The molecular formula is C11H21NO9S2. The predicted molar refractivity (Wildman–Crippen MR) is 80.9 cm³/mol. The Morgan fingerprint density at radius 3 is 2.35 bits per heavy atom. The Morgan fingerprint density at radius 2 is 1.87 bits per heavy atom. The van der Waals surface area contributed by atoms with Gasteiger partial charge < -0.3 is 25.2 Å². The lowest BCUT2D eigenvalue weighted by Crippen LogP contribution is -2.57. The van der Waals surface area contributed by atoms with E-state index in [0.717, 1.165) is 11.8 Å². The fourth-order valence-corrected chi connectivity index (χ4v) is 3.35. The number of aliphatic hydroxyl groups excluding tert-OH is 4. The standard InChI is InChI=1S/C11H21NO9S2/c1-5(2)3-7(12-21-23(17,18)19)22-11-10(16)9(15)8(14)6(4-13)20-11/h5-6,8-11,13-16H,3-4H2,1-2H3,(H,17,18,19)/b12-7-/t6-,8-,9+,10-,11+/m1/s1. The van der Waals surface area contributed by atoms with Crippen molar-refractivity contribution in [2.24, 2.45) is 11.1 Å². The van der Waals surface area contributed by atoms with Crippen molar-refractivity contribution < 1.29 is 42.4 Å². The van der Waals surface area contributed by atoms with E-state index in [9.17, 15) is 23.7 Å². The van der Waals surface area contributed by atoms with E-state index in [1.165, 1.54) is 0 Å². The molecule has 0 aliphatic carbocycles. The van der Waals surface area contributed by atoms with Gasteiger partial charge in [-0.1, -0.05) is 30.8 Å². The van der Waals surface area contributed by atoms with Crippen LogP contribution in [0, 0.1) is 5.92 Å². The molecule has 1 heterocycles. The van der Waals surface area contributed by atoms with Crippen LogP contribution in [0.3, 0.4) is 0 Å². The molecule has 0 aromatic rings. The lowest BCUT2D eigenvalue weighted by Gasteiger charge is -2.39. The summed E-state index contributed by atoms with van der Waals surface area (Å²) in [6.45, 7) is 3.05. The Labute approximate surface area is 138 Å². The molecule has 1 aliphatic rings. The highest BCUT2D eigenvalue weighted by Crippen LogP contribution is 2.31. The summed E-state index contributed by atoms with van der Waals surface area (Å²) in [5, 5.41) is 41.8. The molecule has 0 spiro atoms. The molecule has 1 rings (SSSR count). The van der Waals surface area contributed by atoms with E-state index in [-0.39, 0.29) is 17.4 Å². The van der Waals surface area contributed by atoms with Gasteiger partial charge >= 0.3 is 10.4 Å². The first-order valence-electron chi connectivity index (χ1n) is 6.75. The second kappa shape index (κ2) is 8.58. The van der Waals surface area contributed by atoms with E-state index in [0.29, 0.717) is 0 Å². The zero-order valence-electron chi connectivity index (χ0n) is 12.5. The van der Waals surface area contributed by atoms with Crippen LogP contribution in [0.2, 0.25) is 0 Å². The van der Waals surface area contributed by atoms with Gasteiger partial charge in [0.25, 0.3) is 0 Å². The molecule has 0 amide bonds. The van der Waals surface area contributed by atoms with E-state index >= 15 is 0 Å². The molecule has 0 unspecified atom stereocenters. The van der Waals surface area contributed by atoms with E-state index in [2.05, 4.69) is 9.44 Å². The Bertz CT molecular complexity index is 508. The second-order valence-electron chi connectivity index (χ2n) is 5.40. The molecule has 23 heavy (non-hydrogen) atoms. The molecule has 0 saturated carbocycles. The van der Waals surface area contributed by atoms with Gasteiger partial charge in [0.15, 0.2) is 0 Å². The smallest absolute Gasteiger partial charge is 0.394 e. The number of hydrogen-bond acceptors (Lipinski definition) is 10. The predicted octanol–water partition coefficient (Wildman–Crippen LogP) is -1.30. The van der Waals surface area contributed by atoms with E-state index in [4.69, 9.17) is 14.4 Å². The zero-order chi connectivity index (χ0) is 17.8. The first-order valence-corrected chi connectivity index (χ1v) is 8.99. The molecular weight excluding hydrogens is 354 g/mol. The number of oxime groups is 1. The van der Waals surface area contributed by atoms with E-state index in [1.807, 2.05) is 13.8 Å². The minimum atomic E-state index is -4.78. The monoisotopic (exact) mass is 375 g/mol. The maximum atomic E-state index is 10.6. The first-order chi connectivity index (χ1) is 10.5. The SMILES string of the molecule is CC(C)C/C(=N/OS(=O)(=O)O)S[C@@H]1O[C@H](CO)[C@@H](O)[C@H](O)[C@H]1O. The third-order valence-corrected chi connectivity index (χ3v) is 4.32. The third-order valence-electron chi connectivity index (χ3n) is 2.92. The lowest BCUT2D eigenvalue weighted by atomic mass is 10.0. The molecule has 1 aliphatic heterocycles. The summed E-state index contributed by atoms with van der Waals surface area (Å²) in [5.41, 5.74) is -1.12. The lowest BCUT2D eigenvalue weighted by molar-refractivity contribution is -0.205. The summed E-state index contributed by atoms with van der Waals surface area (Å²) >= 11 is 0.763. The van der Waals surface area contributed by atoms with Crippen molar-refractivity contribution >= 4 is 27.2 Å². The van der Waals surface area contributed by atoms with Crippen LogP contribution in [0.25, 0.3) is 0 Å². The first kappa shape index (κ1) is 20.6. The van der Waals surface area contributed by atoms with E-state index in [1.54, 1.807) is 0 Å². The number of hydrogen-bond donors (Lipinski definition) is 5. The van der Waals surface area contributed by atoms with Crippen LogP contribution >= 0.6 is 11.8 Å². The molecule has 0 radical (unpaired) electrons. The largest absolute Gasteiger partial charge is 0.466 e. The number of thioether (sulfide) groups is 1. The van der Waals surface area contributed by atoms with Crippen LogP contribution < -0.4 is 0 Å². The molecule has 0 bridgehead atoms. The molecule has 136 valence electrons. The normalized spacial score (nSPS) is 33.0. The Kier molecular flexibility index (Phi) is 7.67. The van der Waals surface area contributed by atoms with Crippen LogP contribution in [0.4, 0.5) is 0 Å². The molecule has 0 aromatic carbocycles. The van der Waals surface area contributed by atoms with Crippen LogP contribution in [-0.4, -0.2) is 74.9 Å². The summed E-state index contributed by atoms with van der Waals surface area (Å²) in [6.07, 6.45) is -5.39. The Morgan fingerprint density at radius 1 is 1.26 bits per heavy atom. The minimum absolute atomic E-state index is 0.0381. The van der Waals surface area contributed by atoms with Crippen molar-refractivity contribution in [3.05, 3.63) is 0 Å². The maximum Gasteiger partial charge on any atom is 0.466 e. The fraction of sp³-hybridized carbons (Fsp3) is 0.909. The molecule has 5 atom stereocenters. The van der Waals surface area contributed by atoms with Crippen molar-refractivity contribution in [1.29, 1.82) is 0 Å². The summed E-state index contributed by atoms with van der Waals surface area (Å²) in [4.78, 5) is 0. The fourth-order valence-electron chi connectivity index (χ4n) is 1.84. The molecule has 1 fully saturated rings. The van der Waals surface area contributed by atoms with Gasteiger partial charge in [-0.2, -0.15) is 8.42 Å². The highest BCUT2D eigenvalue weighted by atomic mass is 32.3. The van der Waals surface area contributed by atoms with Crippen molar-refractivity contribution in [3.63, 3.8) is 0 Å². The molecule has 5 N–H and O–H groups in total. The third kappa shape index (κ3) is 6.51. The second-order valence-corrected chi connectivity index (χ2v) is 7.58. The van der Waals surface area contributed by atoms with Gasteiger partial charge in [0.2, 0.25) is 0 Å². The zero-order valence-corrected chi connectivity index (χ0v) is 14.1. The van der Waals surface area contributed by atoms with Gasteiger partial charge in [-0.25, -0.2) is 4.28 Å². The van der Waals surface area contributed by atoms with E-state index < -0.39 is 46.9 Å². The summed E-state index contributed by atoms with van der Waals surface area (Å²) in [5.74, 6) is 0.0381. The summed E-state index contributed by atoms with van der Waals surface area (Å²) in [6, 6.07) is 0. The van der Waals surface area contributed by atoms with Gasteiger partial charge in [-0.15, -0.1) is 0 Å². The molecule has 12 heteroatoms. The highest BCUT2D eigenvalue weighted by Gasteiger charge is 2.44. The number of rotatable bonds is 6. The molecule has 0 aromatic heterocycles. The maximum absolute atomic E-state index is 10.6. The van der Waals surface area contributed by atoms with Crippen LogP contribution in [-0.2, 0) is 19.4 Å². The van der Waals surface area contributed by atoms with Crippen LogP contribution in [0.1, 0.15) is 20.3 Å². The summed E-state index contributed by atoms with van der Waals surface area (Å²) < 4.78 is 39.0.